The van der Waals surface area contributed by atoms with Crippen molar-refractivity contribution in [1.82, 2.24) is 20.0 Å². The first-order valence-electron chi connectivity index (χ1n) is 6.94. The van der Waals surface area contributed by atoms with Gasteiger partial charge in [-0.05, 0) is 13.8 Å². The minimum Gasteiger partial charge on any atom is -0.379 e. The maximum Gasteiger partial charge on any atom is 0.271 e. The maximum absolute atomic E-state index is 12.3. The van der Waals surface area contributed by atoms with Gasteiger partial charge in [0.1, 0.15) is 5.69 Å². The van der Waals surface area contributed by atoms with Crippen LogP contribution in [0, 0.1) is 0 Å². The highest BCUT2D eigenvalue weighted by molar-refractivity contribution is 6.33. The van der Waals surface area contributed by atoms with E-state index in [-0.39, 0.29) is 11.9 Å². The van der Waals surface area contributed by atoms with Gasteiger partial charge < -0.3 is 10.1 Å². The molecular weight excluding hydrogens is 280 g/mol. The Balaban J connectivity index is 1.91. The molecule has 0 saturated carbocycles. The predicted octanol–water partition coefficient (Wildman–Crippen LogP) is 1.01. The van der Waals surface area contributed by atoms with Crippen LogP contribution < -0.4 is 5.32 Å². The molecule has 1 N–H and O–H groups in total. The number of morpholine rings is 1. The highest BCUT2D eigenvalue weighted by atomic mass is 35.5. The van der Waals surface area contributed by atoms with Crippen LogP contribution in [0.25, 0.3) is 0 Å². The number of halogens is 1. The smallest absolute Gasteiger partial charge is 0.271 e. The molecule has 112 valence electrons. The highest BCUT2D eigenvalue weighted by Crippen LogP contribution is 2.15. The second-order valence-corrected chi connectivity index (χ2v) is 5.35. The average Bonchev–Trinajstić information content (AvgIpc) is 2.80. The zero-order valence-corrected chi connectivity index (χ0v) is 12.7. The van der Waals surface area contributed by atoms with E-state index in [1.54, 1.807) is 4.68 Å². The Labute approximate surface area is 124 Å². The van der Waals surface area contributed by atoms with E-state index in [2.05, 4.69) is 15.3 Å². The first-order chi connectivity index (χ1) is 9.61. The molecule has 0 aromatic carbocycles. The monoisotopic (exact) mass is 300 g/mol. The Morgan fingerprint density at radius 3 is 2.90 bits per heavy atom. The Morgan fingerprint density at radius 2 is 2.25 bits per heavy atom. The fourth-order valence-electron chi connectivity index (χ4n) is 2.34. The standard InChI is InChI=1S/C13H21ClN4O2/c1-3-18-12(11(14)8-15-18)13(19)16-10(2)9-17-4-6-20-7-5-17/h8,10H,3-7,9H2,1-2H3,(H,16,19)/t10-/m1/s1. The van der Waals surface area contributed by atoms with Crippen molar-refractivity contribution in [3.05, 3.63) is 16.9 Å². The lowest BCUT2D eigenvalue weighted by atomic mass is 10.2. The van der Waals surface area contributed by atoms with Crippen molar-refractivity contribution in [3.8, 4) is 0 Å². The van der Waals surface area contributed by atoms with Gasteiger partial charge in [0.05, 0.1) is 24.4 Å². The summed E-state index contributed by atoms with van der Waals surface area (Å²) in [6, 6.07) is 0.0527. The lowest BCUT2D eigenvalue weighted by molar-refractivity contribution is 0.0342. The van der Waals surface area contributed by atoms with E-state index in [0.717, 1.165) is 32.8 Å². The number of hydrogen-bond donors (Lipinski definition) is 1. The topological polar surface area (TPSA) is 59.4 Å². The van der Waals surface area contributed by atoms with E-state index in [9.17, 15) is 4.79 Å². The predicted molar refractivity (Wildman–Crippen MR) is 77.1 cm³/mol. The summed E-state index contributed by atoms with van der Waals surface area (Å²) < 4.78 is 6.92. The molecule has 1 fully saturated rings. The largest absolute Gasteiger partial charge is 0.379 e. The van der Waals surface area contributed by atoms with Crippen LogP contribution in [0.5, 0.6) is 0 Å². The number of aromatic nitrogens is 2. The van der Waals surface area contributed by atoms with Crippen LogP contribution in [0.1, 0.15) is 24.3 Å². The van der Waals surface area contributed by atoms with E-state index in [0.29, 0.717) is 17.3 Å². The Hall–Kier alpha value is -1.11. The molecule has 1 aromatic heterocycles. The van der Waals surface area contributed by atoms with Crippen LogP contribution in [-0.4, -0.2) is 59.5 Å². The first-order valence-corrected chi connectivity index (χ1v) is 7.32. The summed E-state index contributed by atoms with van der Waals surface area (Å²) in [6.07, 6.45) is 1.51. The Kier molecular flexibility index (Phi) is 5.39. The third kappa shape index (κ3) is 3.71. The minimum atomic E-state index is -0.171. The van der Waals surface area contributed by atoms with Gasteiger partial charge in [-0.15, -0.1) is 0 Å². The van der Waals surface area contributed by atoms with Crippen LogP contribution in [0.3, 0.4) is 0 Å². The van der Waals surface area contributed by atoms with Gasteiger partial charge in [0.2, 0.25) is 0 Å². The van der Waals surface area contributed by atoms with E-state index < -0.39 is 0 Å². The number of carbonyl (C=O) groups excluding carboxylic acids is 1. The van der Waals surface area contributed by atoms with Gasteiger partial charge in [0.25, 0.3) is 5.91 Å². The number of hydrogen-bond acceptors (Lipinski definition) is 4. The van der Waals surface area contributed by atoms with Gasteiger partial charge in [-0.2, -0.15) is 5.10 Å². The fourth-order valence-corrected chi connectivity index (χ4v) is 2.56. The van der Waals surface area contributed by atoms with E-state index in [1.165, 1.54) is 6.20 Å². The SMILES string of the molecule is CCn1ncc(Cl)c1C(=O)N[C@H](C)CN1CCOCC1. The molecule has 0 unspecified atom stereocenters. The number of rotatable bonds is 5. The summed E-state index contributed by atoms with van der Waals surface area (Å²) >= 11 is 6.02. The molecule has 1 aliphatic rings. The van der Waals surface area contributed by atoms with Gasteiger partial charge in [-0.3, -0.25) is 14.4 Å². The third-order valence-corrected chi connectivity index (χ3v) is 3.60. The minimum absolute atomic E-state index is 0.0527. The molecule has 6 nitrogen and oxygen atoms in total. The van der Waals surface area contributed by atoms with Gasteiger partial charge >= 0.3 is 0 Å². The molecule has 1 aliphatic heterocycles. The zero-order valence-electron chi connectivity index (χ0n) is 11.9. The van der Waals surface area contributed by atoms with Crippen molar-refractivity contribution >= 4 is 17.5 Å². The molecule has 20 heavy (non-hydrogen) atoms. The fraction of sp³-hybridized carbons (Fsp3) is 0.692. The van der Waals surface area contributed by atoms with Gasteiger partial charge in [0, 0.05) is 32.2 Å². The number of nitrogens with one attached hydrogen (secondary N) is 1. The van der Waals surface area contributed by atoms with Crippen LogP contribution in [0.4, 0.5) is 0 Å². The second-order valence-electron chi connectivity index (χ2n) is 4.94. The van der Waals surface area contributed by atoms with Crippen LogP contribution >= 0.6 is 11.6 Å². The lowest BCUT2D eigenvalue weighted by Gasteiger charge is -2.29. The molecule has 2 rings (SSSR count). The van der Waals surface area contributed by atoms with Crippen molar-refractivity contribution in [1.29, 1.82) is 0 Å². The Morgan fingerprint density at radius 1 is 1.55 bits per heavy atom. The molecule has 1 atom stereocenters. The van der Waals surface area contributed by atoms with Gasteiger partial charge in [-0.25, -0.2) is 0 Å². The number of amides is 1. The van der Waals surface area contributed by atoms with Crippen molar-refractivity contribution in [2.45, 2.75) is 26.4 Å². The second kappa shape index (κ2) is 7.06. The molecule has 0 radical (unpaired) electrons. The number of aryl methyl sites for hydroxylation is 1. The first kappa shape index (κ1) is 15.3. The molecule has 1 amide bonds. The summed E-state index contributed by atoms with van der Waals surface area (Å²) in [6.45, 7) is 8.69. The molecule has 0 aliphatic carbocycles. The molecule has 1 aromatic rings. The zero-order chi connectivity index (χ0) is 14.5. The summed E-state index contributed by atoms with van der Waals surface area (Å²) in [4.78, 5) is 14.5. The van der Waals surface area contributed by atoms with Crippen LogP contribution in [-0.2, 0) is 11.3 Å². The Bertz CT molecular complexity index is 457. The average molecular weight is 301 g/mol. The summed E-state index contributed by atoms with van der Waals surface area (Å²) in [5.41, 5.74) is 0.433. The molecular formula is C13H21ClN4O2. The summed E-state index contributed by atoms with van der Waals surface area (Å²) in [5.74, 6) is -0.171. The van der Waals surface area contributed by atoms with E-state index in [1.807, 2.05) is 13.8 Å². The quantitative estimate of drug-likeness (QED) is 0.881. The normalized spacial score (nSPS) is 17.9. The molecule has 0 spiro atoms. The molecule has 2 heterocycles. The van der Waals surface area contributed by atoms with Crippen LogP contribution in [0.15, 0.2) is 6.20 Å². The maximum atomic E-state index is 12.3. The molecule has 1 saturated heterocycles. The highest BCUT2D eigenvalue weighted by Gasteiger charge is 2.20. The lowest BCUT2D eigenvalue weighted by Crippen LogP contribution is -2.46. The van der Waals surface area contributed by atoms with Crippen molar-refractivity contribution in [3.63, 3.8) is 0 Å². The number of ether oxygens (including phenoxy) is 1. The van der Waals surface area contributed by atoms with Crippen molar-refractivity contribution < 1.29 is 9.53 Å². The molecule has 0 bridgehead atoms. The van der Waals surface area contributed by atoms with Crippen molar-refractivity contribution in [2.24, 2.45) is 0 Å². The third-order valence-electron chi connectivity index (χ3n) is 3.32. The number of nitrogens with zero attached hydrogens (tertiary/aromatic N) is 3. The van der Waals surface area contributed by atoms with E-state index >= 15 is 0 Å². The van der Waals surface area contributed by atoms with E-state index in [4.69, 9.17) is 16.3 Å². The summed E-state index contributed by atoms with van der Waals surface area (Å²) in [7, 11) is 0. The van der Waals surface area contributed by atoms with Crippen LogP contribution in [0.2, 0.25) is 5.02 Å². The number of carbonyl (C=O) groups is 1. The van der Waals surface area contributed by atoms with Gasteiger partial charge in [0.15, 0.2) is 0 Å². The molecule has 7 heteroatoms. The summed E-state index contributed by atoms with van der Waals surface area (Å²) in [5, 5.41) is 7.45. The van der Waals surface area contributed by atoms with Crippen molar-refractivity contribution in [2.75, 3.05) is 32.8 Å². The van der Waals surface area contributed by atoms with Gasteiger partial charge in [-0.1, -0.05) is 11.6 Å².